The first-order valence-electron chi connectivity index (χ1n) is 5.72. The van der Waals surface area contributed by atoms with E-state index in [9.17, 15) is 4.79 Å². The van der Waals surface area contributed by atoms with Crippen molar-refractivity contribution in [2.75, 3.05) is 0 Å². The van der Waals surface area contributed by atoms with Gasteiger partial charge in [0.1, 0.15) is 5.92 Å². The second kappa shape index (κ2) is 6.04. The number of nitrogens with one attached hydrogen (secondary N) is 1. The molecular formula is C12H18N4O. The highest BCUT2D eigenvalue weighted by Gasteiger charge is 2.22. The van der Waals surface area contributed by atoms with E-state index < -0.39 is 5.92 Å². The van der Waals surface area contributed by atoms with E-state index in [1.165, 1.54) is 0 Å². The molecule has 1 N–H and O–H groups in total. The second-order valence-corrected chi connectivity index (χ2v) is 4.49. The molecule has 1 aromatic heterocycles. The molecule has 1 aromatic rings. The Morgan fingerprint density at radius 1 is 1.53 bits per heavy atom. The summed E-state index contributed by atoms with van der Waals surface area (Å²) in [4.78, 5) is 11.8. The average Bonchev–Trinajstić information content (AvgIpc) is 2.70. The molecule has 0 fully saturated rings. The fourth-order valence-corrected chi connectivity index (χ4v) is 1.58. The monoisotopic (exact) mass is 234 g/mol. The van der Waals surface area contributed by atoms with Crippen LogP contribution in [0, 0.1) is 23.2 Å². The molecule has 17 heavy (non-hydrogen) atoms. The van der Waals surface area contributed by atoms with Gasteiger partial charge in [0, 0.05) is 18.4 Å². The van der Waals surface area contributed by atoms with Crippen LogP contribution >= 0.6 is 0 Å². The summed E-state index contributed by atoms with van der Waals surface area (Å²) in [5.74, 6) is -0.769. The van der Waals surface area contributed by atoms with E-state index >= 15 is 0 Å². The van der Waals surface area contributed by atoms with Crippen molar-refractivity contribution in [1.82, 2.24) is 15.1 Å². The first-order valence-corrected chi connectivity index (χ1v) is 5.72. The molecule has 0 bridgehead atoms. The molecule has 92 valence electrons. The van der Waals surface area contributed by atoms with Gasteiger partial charge in [-0.1, -0.05) is 13.8 Å². The molecular weight excluding hydrogens is 216 g/mol. The van der Waals surface area contributed by atoms with Crippen LogP contribution in [-0.4, -0.2) is 21.7 Å². The van der Waals surface area contributed by atoms with Crippen LogP contribution in [0.15, 0.2) is 18.5 Å². The lowest BCUT2D eigenvalue weighted by Crippen LogP contribution is -2.40. The van der Waals surface area contributed by atoms with Gasteiger partial charge >= 0.3 is 0 Å². The molecule has 0 aromatic carbocycles. The molecule has 1 rings (SSSR count). The van der Waals surface area contributed by atoms with E-state index in [0.717, 1.165) is 0 Å². The minimum atomic E-state index is -0.588. The van der Waals surface area contributed by atoms with E-state index in [0.29, 0.717) is 6.54 Å². The van der Waals surface area contributed by atoms with Crippen molar-refractivity contribution in [2.45, 2.75) is 33.4 Å². The number of amides is 1. The fourth-order valence-electron chi connectivity index (χ4n) is 1.58. The van der Waals surface area contributed by atoms with Gasteiger partial charge in [0.2, 0.25) is 5.91 Å². The maximum absolute atomic E-state index is 11.8. The van der Waals surface area contributed by atoms with E-state index in [2.05, 4.69) is 10.4 Å². The van der Waals surface area contributed by atoms with Crippen LogP contribution < -0.4 is 5.32 Å². The Kier molecular flexibility index (Phi) is 4.70. The zero-order valence-corrected chi connectivity index (χ0v) is 10.4. The van der Waals surface area contributed by atoms with Crippen molar-refractivity contribution in [3.05, 3.63) is 18.5 Å². The Bertz CT molecular complexity index is 391. The molecule has 0 saturated carbocycles. The maximum atomic E-state index is 11.8. The molecule has 2 unspecified atom stereocenters. The summed E-state index contributed by atoms with van der Waals surface area (Å²) in [5, 5.41) is 15.8. The summed E-state index contributed by atoms with van der Waals surface area (Å²) in [6.07, 6.45) is 3.54. The lowest BCUT2D eigenvalue weighted by Gasteiger charge is -2.18. The van der Waals surface area contributed by atoms with Crippen molar-refractivity contribution < 1.29 is 4.79 Å². The minimum absolute atomic E-state index is 0.0249. The molecule has 0 radical (unpaired) electrons. The van der Waals surface area contributed by atoms with Gasteiger partial charge in [-0.25, -0.2) is 0 Å². The molecule has 0 aliphatic rings. The molecule has 0 saturated heterocycles. The van der Waals surface area contributed by atoms with E-state index in [1.54, 1.807) is 10.9 Å². The van der Waals surface area contributed by atoms with Crippen molar-refractivity contribution in [2.24, 2.45) is 11.8 Å². The quantitative estimate of drug-likeness (QED) is 0.831. The molecule has 1 amide bonds. The van der Waals surface area contributed by atoms with Gasteiger partial charge in [-0.15, -0.1) is 0 Å². The summed E-state index contributed by atoms with van der Waals surface area (Å²) in [6, 6.07) is 3.82. The van der Waals surface area contributed by atoms with Gasteiger partial charge in [0.25, 0.3) is 0 Å². The first kappa shape index (κ1) is 13.2. The van der Waals surface area contributed by atoms with Crippen LogP contribution in [0.2, 0.25) is 0 Å². The van der Waals surface area contributed by atoms with Crippen LogP contribution in [0.4, 0.5) is 0 Å². The highest BCUT2D eigenvalue weighted by molar-refractivity contribution is 5.81. The Labute approximate surface area is 101 Å². The molecule has 0 spiro atoms. The first-order chi connectivity index (χ1) is 8.04. The Balaban J connectivity index is 2.48. The molecule has 5 heteroatoms. The third kappa shape index (κ3) is 3.91. The Morgan fingerprint density at radius 3 is 2.71 bits per heavy atom. The second-order valence-electron chi connectivity index (χ2n) is 4.49. The molecule has 2 atom stereocenters. The van der Waals surface area contributed by atoms with Crippen molar-refractivity contribution in [3.63, 3.8) is 0 Å². The third-order valence-electron chi connectivity index (χ3n) is 2.50. The molecule has 0 aliphatic carbocycles. The predicted molar refractivity (Wildman–Crippen MR) is 63.8 cm³/mol. The SMILES string of the molecule is CC(Cn1cccn1)NC(=O)C(C#N)C(C)C. The number of nitriles is 1. The lowest BCUT2D eigenvalue weighted by molar-refractivity contribution is -0.125. The number of hydrogen-bond acceptors (Lipinski definition) is 3. The number of aromatic nitrogens is 2. The highest BCUT2D eigenvalue weighted by Crippen LogP contribution is 2.09. The average molecular weight is 234 g/mol. The zero-order chi connectivity index (χ0) is 12.8. The van der Waals surface area contributed by atoms with E-state index in [-0.39, 0.29) is 17.9 Å². The highest BCUT2D eigenvalue weighted by atomic mass is 16.1. The predicted octanol–water partition coefficient (Wildman–Crippen LogP) is 1.18. The van der Waals surface area contributed by atoms with Gasteiger partial charge < -0.3 is 5.32 Å². The number of nitrogens with zero attached hydrogens (tertiary/aromatic N) is 3. The van der Waals surface area contributed by atoms with Crippen LogP contribution in [-0.2, 0) is 11.3 Å². The normalized spacial score (nSPS) is 14.1. The third-order valence-corrected chi connectivity index (χ3v) is 2.50. The van der Waals surface area contributed by atoms with Crippen LogP contribution in [0.25, 0.3) is 0 Å². The minimum Gasteiger partial charge on any atom is -0.351 e. The van der Waals surface area contributed by atoms with Gasteiger partial charge in [-0.2, -0.15) is 10.4 Å². The number of rotatable bonds is 5. The van der Waals surface area contributed by atoms with Gasteiger partial charge in [-0.05, 0) is 18.9 Å². The van der Waals surface area contributed by atoms with Crippen molar-refractivity contribution in [3.8, 4) is 6.07 Å². The van der Waals surface area contributed by atoms with Gasteiger partial charge in [0.15, 0.2) is 0 Å². The van der Waals surface area contributed by atoms with Crippen molar-refractivity contribution in [1.29, 1.82) is 5.26 Å². The van der Waals surface area contributed by atoms with Gasteiger partial charge in [-0.3, -0.25) is 9.48 Å². The van der Waals surface area contributed by atoms with Crippen molar-refractivity contribution >= 4 is 5.91 Å². The largest absolute Gasteiger partial charge is 0.351 e. The Morgan fingerprint density at radius 2 is 2.24 bits per heavy atom. The smallest absolute Gasteiger partial charge is 0.237 e. The fraction of sp³-hybridized carbons (Fsp3) is 0.583. The lowest BCUT2D eigenvalue weighted by atomic mass is 9.96. The van der Waals surface area contributed by atoms with Crippen LogP contribution in [0.3, 0.4) is 0 Å². The van der Waals surface area contributed by atoms with Gasteiger partial charge in [0.05, 0.1) is 12.6 Å². The topological polar surface area (TPSA) is 70.7 Å². The molecule has 5 nitrogen and oxygen atoms in total. The number of carbonyl (C=O) groups excluding carboxylic acids is 1. The van der Waals surface area contributed by atoms with E-state index in [4.69, 9.17) is 5.26 Å². The zero-order valence-electron chi connectivity index (χ0n) is 10.4. The molecule has 0 aliphatic heterocycles. The molecule has 1 heterocycles. The standard InChI is InChI=1S/C12H18N4O/c1-9(2)11(7-13)12(17)15-10(3)8-16-6-4-5-14-16/h4-6,9-11H,8H2,1-3H3,(H,15,17). The summed E-state index contributed by atoms with van der Waals surface area (Å²) < 4.78 is 1.75. The summed E-state index contributed by atoms with van der Waals surface area (Å²) in [7, 11) is 0. The summed E-state index contributed by atoms with van der Waals surface area (Å²) >= 11 is 0. The van der Waals surface area contributed by atoms with Crippen LogP contribution in [0.5, 0.6) is 0 Å². The number of hydrogen-bond donors (Lipinski definition) is 1. The van der Waals surface area contributed by atoms with Crippen LogP contribution in [0.1, 0.15) is 20.8 Å². The summed E-state index contributed by atoms with van der Waals surface area (Å²) in [6.45, 7) is 6.24. The van der Waals surface area contributed by atoms with E-state index in [1.807, 2.05) is 39.1 Å². The summed E-state index contributed by atoms with van der Waals surface area (Å²) in [5.41, 5.74) is 0. The number of carbonyl (C=O) groups is 1. The maximum Gasteiger partial charge on any atom is 0.237 e. The Hall–Kier alpha value is -1.83.